The summed E-state index contributed by atoms with van der Waals surface area (Å²) in [6, 6.07) is 10.6. The molecular formula is C16H27NO3. The molecule has 4 nitrogen and oxygen atoms in total. The highest BCUT2D eigenvalue weighted by Gasteiger charge is 2.09. The highest BCUT2D eigenvalue weighted by molar-refractivity contribution is 5.18. The molecule has 0 saturated heterocycles. The van der Waals surface area contributed by atoms with E-state index in [1.807, 2.05) is 6.07 Å². The van der Waals surface area contributed by atoms with Crippen LogP contribution in [-0.4, -0.2) is 46.7 Å². The minimum absolute atomic E-state index is 0.245. The molecule has 20 heavy (non-hydrogen) atoms. The van der Waals surface area contributed by atoms with Crippen LogP contribution in [0.15, 0.2) is 30.3 Å². The number of hydrogen-bond acceptors (Lipinski definition) is 4. The maximum Gasteiger partial charge on any atom is 0.0701 e. The summed E-state index contributed by atoms with van der Waals surface area (Å²) in [5, 5.41) is 3.44. The highest BCUT2D eigenvalue weighted by Crippen LogP contribution is 2.12. The van der Waals surface area contributed by atoms with Crippen LogP contribution in [0.25, 0.3) is 0 Å². The zero-order chi connectivity index (χ0) is 14.5. The maximum absolute atomic E-state index is 5.69. The van der Waals surface area contributed by atoms with Gasteiger partial charge in [-0.15, -0.1) is 0 Å². The summed E-state index contributed by atoms with van der Waals surface area (Å²) in [5.41, 5.74) is 1.26. The number of ether oxygens (including phenoxy) is 3. The van der Waals surface area contributed by atoms with Gasteiger partial charge in [-0.05, 0) is 18.5 Å². The van der Waals surface area contributed by atoms with Crippen LogP contribution in [0, 0.1) is 0 Å². The third-order valence-electron chi connectivity index (χ3n) is 2.95. The fourth-order valence-corrected chi connectivity index (χ4v) is 1.93. The predicted molar refractivity (Wildman–Crippen MR) is 81.0 cm³/mol. The molecule has 0 aliphatic heterocycles. The SMILES string of the molecule is CCNC(COCCOCCCOC)c1ccccc1. The quantitative estimate of drug-likeness (QED) is 0.597. The second-order valence-corrected chi connectivity index (χ2v) is 4.55. The van der Waals surface area contributed by atoms with Gasteiger partial charge < -0.3 is 19.5 Å². The average molecular weight is 281 g/mol. The molecule has 0 heterocycles. The van der Waals surface area contributed by atoms with Crippen molar-refractivity contribution in [2.75, 3.05) is 46.7 Å². The molecule has 1 atom stereocenters. The first-order chi connectivity index (χ1) is 9.88. The van der Waals surface area contributed by atoms with E-state index in [1.54, 1.807) is 7.11 Å². The Morgan fingerprint density at radius 2 is 1.75 bits per heavy atom. The molecule has 0 aliphatic carbocycles. The summed E-state index contributed by atoms with van der Waals surface area (Å²) < 4.78 is 16.1. The van der Waals surface area contributed by atoms with Crippen LogP contribution < -0.4 is 5.32 Å². The van der Waals surface area contributed by atoms with Crippen molar-refractivity contribution in [1.82, 2.24) is 5.32 Å². The molecule has 1 aromatic rings. The minimum Gasteiger partial charge on any atom is -0.385 e. The van der Waals surface area contributed by atoms with Gasteiger partial charge in [0.05, 0.1) is 25.9 Å². The van der Waals surface area contributed by atoms with E-state index in [0.717, 1.165) is 26.2 Å². The van der Waals surface area contributed by atoms with Gasteiger partial charge in [-0.3, -0.25) is 0 Å². The molecule has 0 saturated carbocycles. The molecule has 1 aromatic carbocycles. The van der Waals surface area contributed by atoms with Crippen LogP contribution in [0.2, 0.25) is 0 Å². The molecule has 1 N–H and O–H groups in total. The molecular weight excluding hydrogens is 254 g/mol. The molecule has 0 spiro atoms. The minimum atomic E-state index is 0.245. The van der Waals surface area contributed by atoms with E-state index in [4.69, 9.17) is 14.2 Å². The number of likely N-dealkylation sites (N-methyl/N-ethyl adjacent to an activating group) is 1. The van der Waals surface area contributed by atoms with Crippen LogP contribution in [0.4, 0.5) is 0 Å². The normalized spacial score (nSPS) is 12.5. The monoisotopic (exact) mass is 281 g/mol. The molecule has 0 aromatic heterocycles. The Labute approximate surface area is 122 Å². The topological polar surface area (TPSA) is 39.7 Å². The van der Waals surface area contributed by atoms with Crippen molar-refractivity contribution in [3.63, 3.8) is 0 Å². The molecule has 0 fully saturated rings. The number of nitrogens with one attached hydrogen (secondary N) is 1. The summed E-state index contributed by atoms with van der Waals surface area (Å²) in [6.45, 7) is 6.44. The first kappa shape index (κ1) is 17.1. The summed E-state index contributed by atoms with van der Waals surface area (Å²) in [4.78, 5) is 0. The highest BCUT2D eigenvalue weighted by atomic mass is 16.5. The van der Waals surface area contributed by atoms with E-state index < -0.39 is 0 Å². The van der Waals surface area contributed by atoms with Crippen LogP contribution >= 0.6 is 0 Å². The largest absolute Gasteiger partial charge is 0.385 e. The lowest BCUT2D eigenvalue weighted by molar-refractivity contribution is 0.0325. The molecule has 114 valence electrons. The third kappa shape index (κ3) is 7.60. The van der Waals surface area contributed by atoms with Gasteiger partial charge in [0.2, 0.25) is 0 Å². The van der Waals surface area contributed by atoms with E-state index in [2.05, 4.69) is 36.5 Å². The van der Waals surface area contributed by atoms with Crippen LogP contribution in [0.1, 0.15) is 24.9 Å². The van der Waals surface area contributed by atoms with Crippen LogP contribution in [0.3, 0.4) is 0 Å². The van der Waals surface area contributed by atoms with Gasteiger partial charge in [0.1, 0.15) is 0 Å². The Hall–Kier alpha value is -0.940. The molecule has 1 rings (SSSR count). The molecule has 0 bridgehead atoms. The Bertz CT molecular complexity index is 319. The van der Waals surface area contributed by atoms with Gasteiger partial charge in [-0.2, -0.15) is 0 Å². The van der Waals surface area contributed by atoms with Gasteiger partial charge in [0, 0.05) is 20.3 Å². The zero-order valence-corrected chi connectivity index (χ0v) is 12.6. The van der Waals surface area contributed by atoms with Gasteiger partial charge in [-0.25, -0.2) is 0 Å². The van der Waals surface area contributed by atoms with Gasteiger partial charge in [-0.1, -0.05) is 37.3 Å². The third-order valence-corrected chi connectivity index (χ3v) is 2.95. The summed E-state index contributed by atoms with van der Waals surface area (Å²) >= 11 is 0. The van der Waals surface area contributed by atoms with Crippen molar-refractivity contribution >= 4 is 0 Å². The Balaban J connectivity index is 2.14. The fourth-order valence-electron chi connectivity index (χ4n) is 1.93. The smallest absolute Gasteiger partial charge is 0.0701 e. The van der Waals surface area contributed by atoms with E-state index in [-0.39, 0.29) is 6.04 Å². The molecule has 1 unspecified atom stereocenters. The number of methoxy groups -OCH3 is 1. The Morgan fingerprint density at radius 3 is 2.45 bits per heavy atom. The van der Waals surface area contributed by atoms with Crippen molar-refractivity contribution in [1.29, 1.82) is 0 Å². The lowest BCUT2D eigenvalue weighted by atomic mass is 10.1. The first-order valence-corrected chi connectivity index (χ1v) is 7.31. The first-order valence-electron chi connectivity index (χ1n) is 7.31. The summed E-state index contributed by atoms with van der Waals surface area (Å²) in [7, 11) is 1.70. The molecule has 4 heteroatoms. The summed E-state index contributed by atoms with van der Waals surface area (Å²) in [6.07, 6.45) is 0.931. The van der Waals surface area contributed by atoms with Gasteiger partial charge >= 0.3 is 0 Å². The molecule has 0 radical (unpaired) electrons. The van der Waals surface area contributed by atoms with Crippen molar-refractivity contribution in [3.8, 4) is 0 Å². The Kier molecular flexibility index (Phi) is 10.1. The number of hydrogen-bond donors (Lipinski definition) is 1. The maximum atomic E-state index is 5.69. The predicted octanol–water partition coefficient (Wildman–Crippen LogP) is 2.41. The number of benzene rings is 1. The standard InChI is InChI=1S/C16H27NO3/c1-3-17-16(15-8-5-4-6-9-15)14-20-13-12-19-11-7-10-18-2/h4-6,8-9,16-17H,3,7,10-14H2,1-2H3. The van der Waals surface area contributed by atoms with Gasteiger partial charge in [0.25, 0.3) is 0 Å². The second-order valence-electron chi connectivity index (χ2n) is 4.55. The van der Waals surface area contributed by atoms with E-state index in [1.165, 1.54) is 5.56 Å². The molecule has 0 amide bonds. The van der Waals surface area contributed by atoms with E-state index in [9.17, 15) is 0 Å². The van der Waals surface area contributed by atoms with Crippen molar-refractivity contribution in [3.05, 3.63) is 35.9 Å². The van der Waals surface area contributed by atoms with Crippen LogP contribution in [-0.2, 0) is 14.2 Å². The lowest BCUT2D eigenvalue weighted by Gasteiger charge is -2.18. The van der Waals surface area contributed by atoms with Crippen LogP contribution in [0.5, 0.6) is 0 Å². The summed E-state index contributed by atoms with van der Waals surface area (Å²) in [5.74, 6) is 0. The number of rotatable bonds is 12. The fraction of sp³-hybridized carbons (Fsp3) is 0.625. The van der Waals surface area contributed by atoms with Crippen molar-refractivity contribution < 1.29 is 14.2 Å². The molecule has 0 aliphatic rings. The van der Waals surface area contributed by atoms with E-state index >= 15 is 0 Å². The Morgan fingerprint density at radius 1 is 1.00 bits per heavy atom. The zero-order valence-electron chi connectivity index (χ0n) is 12.6. The second kappa shape index (κ2) is 11.9. The lowest BCUT2D eigenvalue weighted by Crippen LogP contribution is -2.26. The van der Waals surface area contributed by atoms with Crippen molar-refractivity contribution in [2.45, 2.75) is 19.4 Å². The average Bonchev–Trinajstić information content (AvgIpc) is 2.50. The van der Waals surface area contributed by atoms with Crippen molar-refractivity contribution in [2.24, 2.45) is 0 Å². The van der Waals surface area contributed by atoms with E-state index in [0.29, 0.717) is 19.8 Å². The van der Waals surface area contributed by atoms with Gasteiger partial charge in [0.15, 0.2) is 0 Å².